The second-order valence-corrected chi connectivity index (χ2v) is 7.57. The molecule has 0 saturated carbocycles. The molecule has 1 aromatic carbocycles. The smallest absolute Gasteiger partial charge is 0.278 e. The number of anilines is 1. The van der Waals surface area contributed by atoms with Crippen molar-refractivity contribution in [2.45, 2.75) is 6.54 Å². The molecule has 28 heavy (non-hydrogen) atoms. The lowest BCUT2D eigenvalue weighted by atomic mass is 10.2. The maximum Gasteiger partial charge on any atom is 0.278 e. The molecular formula is C19H12F2N4OS2. The third-order valence-electron chi connectivity index (χ3n) is 3.82. The molecule has 0 aliphatic heterocycles. The van der Waals surface area contributed by atoms with E-state index in [4.69, 9.17) is 0 Å². The zero-order valence-electron chi connectivity index (χ0n) is 14.3. The zero-order valence-corrected chi connectivity index (χ0v) is 15.9. The monoisotopic (exact) mass is 414 g/mol. The number of thiophene rings is 1. The van der Waals surface area contributed by atoms with Gasteiger partial charge in [0.25, 0.3) is 5.91 Å². The van der Waals surface area contributed by atoms with E-state index in [9.17, 15) is 13.6 Å². The Balaban J connectivity index is 1.70. The zero-order chi connectivity index (χ0) is 19.5. The van der Waals surface area contributed by atoms with Crippen LogP contribution in [-0.4, -0.2) is 20.9 Å². The molecule has 140 valence electrons. The third kappa shape index (κ3) is 3.80. The van der Waals surface area contributed by atoms with Gasteiger partial charge < -0.3 is 0 Å². The Labute approximate surface area is 167 Å². The molecule has 4 aromatic rings. The van der Waals surface area contributed by atoms with Crippen molar-refractivity contribution in [2.24, 2.45) is 0 Å². The van der Waals surface area contributed by atoms with Crippen LogP contribution in [0.4, 0.5) is 14.5 Å². The highest BCUT2D eigenvalue weighted by Gasteiger charge is 2.24. The van der Waals surface area contributed by atoms with Crippen molar-refractivity contribution in [1.82, 2.24) is 15.0 Å². The number of rotatable bonds is 5. The van der Waals surface area contributed by atoms with Crippen molar-refractivity contribution in [2.75, 3.05) is 4.90 Å². The van der Waals surface area contributed by atoms with E-state index in [1.807, 2.05) is 17.5 Å². The van der Waals surface area contributed by atoms with Gasteiger partial charge in [-0.15, -0.1) is 22.7 Å². The average Bonchev–Trinajstić information content (AvgIpc) is 3.39. The fourth-order valence-electron chi connectivity index (χ4n) is 2.55. The van der Waals surface area contributed by atoms with Gasteiger partial charge in [0.15, 0.2) is 10.8 Å². The van der Waals surface area contributed by atoms with Gasteiger partial charge in [0.2, 0.25) is 0 Å². The minimum atomic E-state index is -0.813. The van der Waals surface area contributed by atoms with E-state index in [-0.39, 0.29) is 17.9 Å². The summed E-state index contributed by atoms with van der Waals surface area (Å²) in [5.41, 5.74) is 0.137. The number of benzene rings is 1. The Morgan fingerprint density at radius 3 is 2.61 bits per heavy atom. The number of halogens is 2. The molecule has 0 aliphatic rings. The van der Waals surface area contributed by atoms with E-state index < -0.39 is 17.5 Å². The third-order valence-corrected chi connectivity index (χ3v) is 5.52. The molecule has 0 atom stereocenters. The Kier molecular flexibility index (Phi) is 5.18. The van der Waals surface area contributed by atoms with Gasteiger partial charge in [0.05, 0.1) is 12.2 Å². The molecule has 4 rings (SSSR count). The molecule has 0 spiro atoms. The number of hydrogen-bond acceptors (Lipinski definition) is 6. The quantitative estimate of drug-likeness (QED) is 0.471. The van der Waals surface area contributed by atoms with E-state index in [0.29, 0.717) is 10.8 Å². The first-order valence-corrected chi connectivity index (χ1v) is 9.90. The van der Waals surface area contributed by atoms with Gasteiger partial charge in [-0.05, 0) is 29.6 Å². The molecule has 0 saturated heterocycles. The lowest BCUT2D eigenvalue weighted by molar-refractivity contribution is 0.0980. The van der Waals surface area contributed by atoms with Crippen molar-refractivity contribution in [3.05, 3.63) is 81.8 Å². The second-order valence-electron chi connectivity index (χ2n) is 5.68. The van der Waals surface area contributed by atoms with Crippen LogP contribution in [0.1, 0.15) is 15.4 Å². The standard InChI is InChI=1S/C19H12F2N4OS2/c20-12-4-5-16(14(21)9-12)25(10-13-3-1-8-27-13)19(26)15-11-28-18(24-15)17-22-6-2-7-23-17/h1-9,11H,10H2. The molecule has 9 heteroatoms. The van der Waals surface area contributed by atoms with E-state index in [1.165, 1.54) is 33.6 Å². The normalized spacial score (nSPS) is 10.8. The van der Waals surface area contributed by atoms with E-state index in [1.54, 1.807) is 23.8 Å². The summed E-state index contributed by atoms with van der Waals surface area (Å²) < 4.78 is 27.7. The van der Waals surface area contributed by atoms with Crippen LogP contribution < -0.4 is 4.90 Å². The number of carbonyl (C=O) groups is 1. The number of hydrogen-bond donors (Lipinski definition) is 0. The van der Waals surface area contributed by atoms with E-state index in [0.717, 1.165) is 17.0 Å². The van der Waals surface area contributed by atoms with Gasteiger partial charge in [0.1, 0.15) is 17.3 Å². The Bertz CT molecular complexity index is 1100. The van der Waals surface area contributed by atoms with Crippen molar-refractivity contribution in [1.29, 1.82) is 0 Å². The van der Waals surface area contributed by atoms with Gasteiger partial charge in [-0.3, -0.25) is 9.69 Å². The average molecular weight is 414 g/mol. The predicted octanol–water partition coefficient (Wildman–Crippen LogP) is 4.79. The summed E-state index contributed by atoms with van der Waals surface area (Å²) in [4.78, 5) is 27.8. The minimum absolute atomic E-state index is 0.00897. The fraction of sp³-hybridized carbons (Fsp3) is 0.0526. The fourth-order valence-corrected chi connectivity index (χ4v) is 3.98. The van der Waals surface area contributed by atoms with Crippen LogP contribution in [0.5, 0.6) is 0 Å². The van der Waals surface area contributed by atoms with Crippen molar-refractivity contribution >= 4 is 34.3 Å². The molecule has 3 heterocycles. The summed E-state index contributed by atoms with van der Waals surface area (Å²) in [5.74, 6) is -1.60. The van der Waals surface area contributed by atoms with Crippen LogP contribution in [0.3, 0.4) is 0 Å². The van der Waals surface area contributed by atoms with Gasteiger partial charge in [0, 0.05) is 28.7 Å². The number of nitrogens with zero attached hydrogens (tertiary/aromatic N) is 4. The molecule has 0 radical (unpaired) electrons. The number of amides is 1. The summed E-state index contributed by atoms with van der Waals surface area (Å²) in [6, 6.07) is 8.51. The number of aromatic nitrogens is 3. The summed E-state index contributed by atoms with van der Waals surface area (Å²) in [7, 11) is 0. The number of thiazole rings is 1. The van der Waals surface area contributed by atoms with Crippen LogP contribution >= 0.6 is 22.7 Å². The maximum absolute atomic E-state index is 14.4. The van der Waals surface area contributed by atoms with Gasteiger partial charge in [-0.2, -0.15) is 0 Å². The molecule has 0 unspecified atom stereocenters. The summed E-state index contributed by atoms with van der Waals surface area (Å²) in [5, 5.41) is 3.93. The predicted molar refractivity (Wildman–Crippen MR) is 104 cm³/mol. The first-order valence-electron chi connectivity index (χ1n) is 8.14. The SMILES string of the molecule is O=C(c1csc(-c2ncccn2)n1)N(Cc1cccs1)c1ccc(F)cc1F. The lowest BCUT2D eigenvalue weighted by Gasteiger charge is -2.22. The molecule has 0 fully saturated rings. The van der Waals surface area contributed by atoms with Crippen LogP contribution in [-0.2, 0) is 6.54 Å². The first kappa shape index (κ1) is 18.3. The second kappa shape index (κ2) is 7.91. The van der Waals surface area contributed by atoms with Gasteiger partial charge in [-0.25, -0.2) is 23.7 Å². The molecule has 0 N–H and O–H groups in total. The molecule has 5 nitrogen and oxygen atoms in total. The Hall–Kier alpha value is -3.04. The summed E-state index contributed by atoms with van der Waals surface area (Å²) >= 11 is 2.66. The van der Waals surface area contributed by atoms with E-state index >= 15 is 0 Å². The maximum atomic E-state index is 14.4. The van der Waals surface area contributed by atoms with Gasteiger partial charge >= 0.3 is 0 Å². The topological polar surface area (TPSA) is 59.0 Å². The van der Waals surface area contributed by atoms with Crippen LogP contribution in [0.15, 0.2) is 59.6 Å². The van der Waals surface area contributed by atoms with Crippen molar-refractivity contribution < 1.29 is 13.6 Å². The summed E-state index contributed by atoms with van der Waals surface area (Å²) in [6.07, 6.45) is 3.17. The highest BCUT2D eigenvalue weighted by Crippen LogP contribution is 2.27. The van der Waals surface area contributed by atoms with E-state index in [2.05, 4.69) is 15.0 Å². The Morgan fingerprint density at radius 2 is 1.89 bits per heavy atom. The van der Waals surface area contributed by atoms with Crippen molar-refractivity contribution in [3.8, 4) is 10.8 Å². The largest absolute Gasteiger partial charge is 0.299 e. The van der Waals surface area contributed by atoms with Crippen LogP contribution in [0, 0.1) is 11.6 Å². The highest BCUT2D eigenvalue weighted by atomic mass is 32.1. The highest BCUT2D eigenvalue weighted by molar-refractivity contribution is 7.13. The lowest BCUT2D eigenvalue weighted by Crippen LogP contribution is -2.31. The minimum Gasteiger partial charge on any atom is -0.299 e. The molecule has 3 aromatic heterocycles. The molecule has 1 amide bonds. The number of carbonyl (C=O) groups excluding carboxylic acids is 1. The van der Waals surface area contributed by atoms with Crippen molar-refractivity contribution in [3.63, 3.8) is 0 Å². The molecule has 0 bridgehead atoms. The van der Waals surface area contributed by atoms with Gasteiger partial charge in [-0.1, -0.05) is 6.07 Å². The summed E-state index contributed by atoms with van der Waals surface area (Å²) in [6.45, 7) is 0.147. The van der Waals surface area contributed by atoms with Crippen LogP contribution in [0.2, 0.25) is 0 Å². The van der Waals surface area contributed by atoms with Crippen LogP contribution in [0.25, 0.3) is 10.8 Å². The Morgan fingerprint density at radius 1 is 1.07 bits per heavy atom. The first-order chi connectivity index (χ1) is 13.6. The molecular weight excluding hydrogens is 402 g/mol. The molecule has 0 aliphatic carbocycles.